The molecule has 1 amide bonds. The number of benzene rings is 2. The number of amides is 1. The van der Waals surface area contributed by atoms with E-state index in [1.54, 1.807) is 24.3 Å². The van der Waals surface area contributed by atoms with Gasteiger partial charge < -0.3 is 31.3 Å². The predicted molar refractivity (Wildman–Crippen MR) is 205 cm³/mol. The van der Waals surface area contributed by atoms with Gasteiger partial charge >= 0.3 is 12.2 Å². The molecule has 3 aromatic carbocycles. The van der Waals surface area contributed by atoms with E-state index in [2.05, 4.69) is 41.5 Å². The average Bonchev–Trinajstić information content (AvgIpc) is 3.42. The molecule has 0 atom stereocenters. The Balaban J connectivity index is 1.12. The van der Waals surface area contributed by atoms with Gasteiger partial charge in [0, 0.05) is 41.9 Å². The first-order valence-corrected chi connectivity index (χ1v) is 18.6. The number of aryl methyl sites for hydroxylation is 1. The number of hydrogen-bond acceptors (Lipinski definition) is 11. The predicted octanol–water partition coefficient (Wildman–Crippen LogP) is 7.24. The van der Waals surface area contributed by atoms with E-state index in [0.717, 1.165) is 50.5 Å². The fourth-order valence-corrected chi connectivity index (χ4v) is 6.11. The van der Waals surface area contributed by atoms with Crippen molar-refractivity contribution in [1.82, 2.24) is 20.3 Å². The molecule has 4 aromatic rings. The van der Waals surface area contributed by atoms with Gasteiger partial charge in [-0.1, -0.05) is 63.3 Å². The minimum atomic E-state index is -4.58. The van der Waals surface area contributed by atoms with Gasteiger partial charge in [0.25, 0.3) is 16.8 Å². The molecule has 0 aliphatic heterocycles. The zero-order chi connectivity index (χ0) is 38.7. The SMILES string of the molecule is CC(C)(CNC(=O)c1ccc(Nc2nc(NCCCCc3ccc(Cl)cc3)nc(OCC(F)(F)F)n2)cc1)CNc1c(NC2CCCCCC2)c(=O)c1=O. The van der Waals surface area contributed by atoms with Gasteiger partial charge in [-0.25, -0.2) is 0 Å². The summed E-state index contributed by atoms with van der Waals surface area (Å²) in [5, 5.41) is 16.0. The van der Waals surface area contributed by atoms with Crippen LogP contribution >= 0.6 is 11.6 Å². The van der Waals surface area contributed by atoms with Crippen LogP contribution in [-0.4, -0.2) is 59.3 Å². The number of halogens is 4. The quantitative estimate of drug-likeness (QED) is 0.0394. The highest BCUT2D eigenvalue weighted by molar-refractivity contribution is 6.30. The average molecular weight is 771 g/mol. The highest BCUT2D eigenvalue weighted by atomic mass is 35.5. The third-order valence-corrected chi connectivity index (χ3v) is 9.31. The molecule has 0 spiro atoms. The summed E-state index contributed by atoms with van der Waals surface area (Å²) >= 11 is 5.94. The van der Waals surface area contributed by atoms with Crippen molar-refractivity contribution in [2.24, 2.45) is 5.41 Å². The number of nitrogens with one attached hydrogen (secondary N) is 5. The lowest BCUT2D eigenvalue weighted by molar-refractivity contribution is -0.154. The summed E-state index contributed by atoms with van der Waals surface area (Å²) in [4.78, 5) is 49.9. The molecule has 1 saturated carbocycles. The van der Waals surface area contributed by atoms with Crippen LogP contribution < -0.4 is 42.2 Å². The maximum Gasteiger partial charge on any atom is 0.422 e. The van der Waals surface area contributed by atoms with Crippen LogP contribution in [0.1, 0.15) is 81.1 Å². The van der Waals surface area contributed by atoms with E-state index in [9.17, 15) is 27.6 Å². The number of rotatable bonds is 18. The number of alkyl halides is 3. The van der Waals surface area contributed by atoms with E-state index in [1.807, 2.05) is 38.1 Å². The molecule has 54 heavy (non-hydrogen) atoms. The Kier molecular flexibility index (Phi) is 13.7. The second-order valence-corrected chi connectivity index (χ2v) is 14.8. The largest absolute Gasteiger partial charge is 0.454 e. The number of anilines is 5. The highest BCUT2D eigenvalue weighted by Crippen LogP contribution is 2.25. The summed E-state index contributed by atoms with van der Waals surface area (Å²) in [6.07, 6.45) is 4.32. The summed E-state index contributed by atoms with van der Waals surface area (Å²) in [7, 11) is 0. The third kappa shape index (κ3) is 12.3. The summed E-state index contributed by atoms with van der Waals surface area (Å²) in [5.74, 6) is -0.336. The molecule has 0 unspecified atom stereocenters. The molecular formula is C38H46ClF3N8O4. The summed E-state index contributed by atoms with van der Waals surface area (Å²) in [6, 6.07) is 13.6. The van der Waals surface area contributed by atoms with E-state index in [0.29, 0.717) is 40.7 Å². The molecule has 0 saturated heterocycles. The van der Waals surface area contributed by atoms with Crippen molar-refractivity contribution >= 4 is 46.5 Å². The highest BCUT2D eigenvalue weighted by Gasteiger charge is 2.30. The summed E-state index contributed by atoms with van der Waals surface area (Å²) in [6.45, 7) is 3.39. The van der Waals surface area contributed by atoms with Crippen molar-refractivity contribution in [2.45, 2.75) is 83.9 Å². The monoisotopic (exact) mass is 770 g/mol. The minimum Gasteiger partial charge on any atom is -0.454 e. The smallest absolute Gasteiger partial charge is 0.422 e. The Morgan fingerprint density at radius 2 is 1.50 bits per heavy atom. The van der Waals surface area contributed by atoms with Crippen LogP contribution in [-0.2, 0) is 6.42 Å². The van der Waals surface area contributed by atoms with Crippen molar-refractivity contribution < 1.29 is 22.7 Å². The normalized spacial score (nSPS) is 14.0. The van der Waals surface area contributed by atoms with Crippen molar-refractivity contribution in [3.05, 3.63) is 85.1 Å². The Hall–Kier alpha value is -4.92. The van der Waals surface area contributed by atoms with Gasteiger partial charge in [-0.05, 0) is 79.5 Å². The molecule has 0 radical (unpaired) electrons. The third-order valence-electron chi connectivity index (χ3n) is 9.06. The van der Waals surface area contributed by atoms with Gasteiger partial charge in [0.2, 0.25) is 11.9 Å². The Bertz CT molecular complexity index is 1910. The topological polar surface area (TPSA) is 159 Å². The fourth-order valence-electron chi connectivity index (χ4n) is 5.98. The van der Waals surface area contributed by atoms with Crippen LogP contribution in [0, 0.1) is 5.41 Å². The van der Waals surface area contributed by atoms with Crippen LogP contribution in [0.15, 0.2) is 58.1 Å². The number of hydrogen-bond donors (Lipinski definition) is 5. The number of nitrogens with zero attached hydrogens (tertiary/aromatic N) is 3. The molecule has 12 nitrogen and oxygen atoms in total. The lowest BCUT2D eigenvalue weighted by atomic mass is 9.92. The van der Waals surface area contributed by atoms with Crippen LogP contribution in [0.4, 0.5) is 42.1 Å². The first-order valence-electron chi connectivity index (χ1n) is 18.2. The second kappa shape index (κ2) is 18.4. The van der Waals surface area contributed by atoms with Crippen LogP contribution in [0.3, 0.4) is 0 Å². The minimum absolute atomic E-state index is 0.0425. The fraction of sp³-hybridized carbons (Fsp3) is 0.474. The van der Waals surface area contributed by atoms with Crippen LogP contribution in [0.2, 0.25) is 5.02 Å². The van der Waals surface area contributed by atoms with E-state index in [4.69, 9.17) is 16.3 Å². The Labute approximate surface area is 316 Å². The molecule has 1 aliphatic carbocycles. The Morgan fingerprint density at radius 3 is 2.19 bits per heavy atom. The van der Waals surface area contributed by atoms with Crippen molar-refractivity contribution in [2.75, 3.05) is 47.5 Å². The first kappa shape index (κ1) is 40.3. The molecule has 5 rings (SSSR count). The molecular weight excluding hydrogens is 725 g/mol. The van der Waals surface area contributed by atoms with Gasteiger partial charge in [0.15, 0.2) is 6.61 Å². The zero-order valence-electron chi connectivity index (χ0n) is 30.4. The lowest BCUT2D eigenvalue weighted by Gasteiger charge is -2.27. The Morgan fingerprint density at radius 1 is 0.833 bits per heavy atom. The van der Waals surface area contributed by atoms with Crippen molar-refractivity contribution in [3.8, 4) is 6.01 Å². The zero-order valence-corrected chi connectivity index (χ0v) is 31.1. The van der Waals surface area contributed by atoms with Crippen LogP contribution in [0.25, 0.3) is 0 Å². The molecule has 1 fully saturated rings. The van der Waals surface area contributed by atoms with E-state index in [-0.39, 0.29) is 30.4 Å². The maximum absolute atomic E-state index is 13.0. The molecule has 1 aromatic heterocycles. The molecule has 290 valence electrons. The van der Waals surface area contributed by atoms with Gasteiger partial charge in [-0.3, -0.25) is 14.4 Å². The molecule has 1 aliphatic rings. The van der Waals surface area contributed by atoms with Gasteiger partial charge in [-0.2, -0.15) is 28.1 Å². The number of carbonyl (C=O) groups is 1. The number of aromatic nitrogens is 3. The van der Waals surface area contributed by atoms with E-state index in [1.165, 1.54) is 12.8 Å². The summed E-state index contributed by atoms with van der Waals surface area (Å²) in [5.41, 5.74) is 1.14. The standard InChI is InChI=1S/C38H46ClF3N8O4/c1-37(2,21-44-29-30(32(52)31(29)51)46-27-10-5-3-4-6-11-27)22-45-33(53)25-14-18-28(19-15-25)47-35-48-34(49-36(50-35)54-23-38(40,41)42)43-20-8-7-9-24-12-16-26(39)17-13-24/h12-19,27,44,46H,3-11,20-23H2,1-2H3,(H,45,53)(H2,43,47,48,49,50). The van der Waals surface area contributed by atoms with E-state index >= 15 is 0 Å². The number of unbranched alkanes of at least 4 members (excludes halogenated alkanes) is 1. The molecule has 1 heterocycles. The first-order chi connectivity index (χ1) is 25.7. The van der Waals surface area contributed by atoms with Crippen molar-refractivity contribution in [1.29, 1.82) is 0 Å². The van der Waals surface area contributed by atoms with Crippen molar-refractivity contribution in [3.63, 3.8) is 0 Å². The molecule has 5 N–H and O–H groups in total. The van der Waals surface area contributed by atoms with Gasteiger partial charge in [0.05, 0.1) is 0 Å². The van der Waals surface area contributed by atoms with Gasteiger partial charge in [0.1, 0.15) is 11.4 Å². The van der Waals surface area contributed by atoms with Crippen LogP contribution in [0.5, 0.6) is 6.01 Å². The number of ether oxygens (including phenoxy) is 1. The second-order valence-electron chi connectivity index (χ2n) is 14.3. The summed E-state index contributed by atoms with van der Waals surface area (Å²) < 4.78 is 43.4. The van der Waals surface area contributed by atoms with E-state index < -0.39 is 35.1 Å². The maximum atomic E-state index is 13.0. The lowest BCUT2D eigenvalue weighted by Crippen LogP contribution is -2.43. The number of carbonyl (C=O) groups excluding carboxylic acids is 1. The van der Waals surface area contributed by atoms with Gasteiger partial charge in [-0.15, -0.1) is 0 Å². The molecule has 0 bridgehead atoms. The molecule has 16 heteroatoms.